The Morgan fingerprint density at radius 3 is 2.62 bits per heavy atom. The van der Waals surface area contributed by atoms with Crippen molar-refractivity contribution in [2.75, 3.05) is 26.2 Å². The van der Waals surface area contributed by atoms with Gasteiger partial charge in [-0.1, -0.05) is 12.1 Å². The number of sulfonamides is 1. The van der Waals surface area contributed by atoms with Crippen molar-refractivity contribution in [1.82, 2.24) is 4.31 Å². The molecule has 1 saturated heterocycles. The first kappa shape index (κ1) is 16.2. The average Bonchev–Trinajstić information content (AvgIpc) is 2.46. The molecule has 0 spiro atoms. The first-order valence-corrected chi connectivity index (χ1v) is 7.69. The highest BCUT2D eigenvalue weighted by Crippen LogP contribution is 2.35. The van der Waals surface area contributed by atoms with E-state index in [1.165, 1.54) is 6.07 Å². The Morgan fingerprint density at radius 1 is 1.33 bits per heavy atom. The summed E-state index contributed by atoms with van der Waals surface area (Å²) in [4.78, 5) is -0.741. The average molecular weight is 324 g/mol. The highest BCUT2D eigenvalue weighted by atomic mass is 32.2. The molecule has 0 saturated carbocycles. The predicted molar refractivity (Wildman–Crippen MR) is 69.0 cm³/mol. The van der Waals surface area contributed by atoms with Crippen LogP contribution in [0.25, 0.3) is 0 Å². The van der Waals surface area contributed by atoms with Crippen molar-refractivity contribution in [2.24, 2.45) is 5.73 Å². The summed E-state index contributed by atoms with van der Waals surface area (Å²) in [5.41, 5.74) is 4.25. The van der Waals surface area contributed by atoms with Gasteiger partial charge in [-0.25, -0.2) is 8.42 Å². The van der Waals surface area contributed by atoms with E-state index in [-0.39, 0.29) is 26.2 Å². The van der Waals surface area contributed by atoms with E-state index in [0.29, 0.717) is 0 Å². The van der Waals surface area contributed by atoms with Crippen molar-refractivity contribution >= 4 is 10.0 Å². The minimum absolute atomic E-state index is 0.00498. The molecule has 0 aliphatic carbocycles. The molecule has 1 fully saturated rings. The Kier molecular flexibility index (Phi) is 4.57. The molecular formula is C12H15F3N2O3S. The molecule has 0 aromatic heterocycles. The summed E-state index contributed by atoms with van der Waals surface area (Å²) >= 11 is 0. The van der Waals surface area contributed by atoms with Gasteiger partial charge in [0, 0.05) is 19.6 Å². The largest absolute Gasteiger partial charge is 0.417 e. The lowest BCUT2D eigenvalue weighted by Gasteiger charge is -2.32. The molecule has 2 rings (SSSR count). The van der Waals surface area contributed by atoms with Crippen LogP contribution in [0, 0.1) is 0 Å². The van der Waals surface area contributed by atoms with Gasteiger partial charge in [0.05, 0.1) is 23.2 Å². The maximum atomic E-state index is 13.0. The maximum absolute atomic E-state index is 13.0. The zero-order chi connectivity index (χ0) is 15.7. The molecule has 0 radical (unpaired) electrons. The zero-order valence-electron chi connectivity index (χ0n) is 11.0. The van der Waals surface area contributed by atoms with Crippen LogP contribution in [0.2, 0.25) is 0 Å². The summed E-state index contributed by atoms with van der Waals surface area (Å²) in [6, 6.07) is 4.14. The quantitative estimate of drug-likeness (QED) is 0.902. The maximum Gasteiger partial charge on any atom is 0.417 e. The van der Waals surface area contributed by atoms with Crippen molar-refractivity contribution in [2.45, 2.75) is 17.2 Å². The second kappa shape index (κ2) is 5.91. The summed E-state index contributed by atoms with van der Waals surface area (Å²) in [5, 5.41) is 0. The van der Waals surface area contributed by atoms with E-state index in [2.05, 4.69) is 0 Å². The van der Waals surface area contributed by atoms with E-state index in [1.54, 1.807) is 0 Å². The second-order valence-corrected chi connectivity index (χ2v) is 6.49. The van der Waals surface area contributed by atoms with Crippen LogP contribution in [-0.2, 0) is 20.9 Å². The summed E-state index contributed by atoms with van der Waals surface area (Å²) in [7, 11) is -4.24. The molecule has 0 unspecified atom stereocenters. The van der Waals surface area contributed by atoms with Crippen molar-refractivity contribution in [3.63, 3.8) is 0 Å². The molecule has 1 aliphatic heterocycles. The molecule has 21 heavy (non-hydrogen) atoms. The van der Waals surface area contributed by atoms with Gasteiger partial charge in [0.1, 0.15) is 0 Å². The fourth-order valence-corrected chi connectivity index (χ4v) is 3.79. The van der Waals surface area contributed by atoms with E-state index < -0.39 is 32.8 Å². The molecule has 1 atom stereocenters. The lowest BCUT2D eigenvalue weighted by atomic mass is 10.2. The number of halogens is 3. The van der Waals surface area contributed by atoms with Gasteiger partial charge < -0.3 is 10.5 Å². The Hall–Kier alpha value is -1.16. The highest BCUT2D eigenvalue weighted by molar-refractivity contribution is 7.89. The third-order valence-corrected chi connectivity index (χ3v) is 5.10. The minimum atomic E-state index is -4.73. The Bertz CT molecular complexity index is 604. The number of rotatable bonds is 3. The van der Waals surface area contributed by atoms with Crippen LogP contribution in [0.5, 0.6) is 0 Å². The number of morpholine rings is 1. The Labute approximate surface area is 120 Å². The number of ether oxygens (including phenoxy) is 1. The van der Waals surface area contributed by atoms with Crippen LogP contribution in [-0.4, -0.2) is 45.1 Å². The van der Waals surface area contributed by atoms with Gasteiger partial charge in [0.2, 0.25) is 10.0 Å². The van der Waals surface area contributed by atoms with E-state index >= 15 is 0 Å². The van der Waals surface area contributed by atoms with Gasteiger partial charge in [0.15, 0.2) is 0 Å². The lowest BCUT2D eigenvalue weighted by molar-refractivity contribution is -0.139. The third kappa shape index (κ3) is 3.37. The molecule has 1 heterocycles. The van der Waals surface area contributed by atoms with Crippen LogP contribution >= 0.6 is 0 Å². The van der Waals surface area contributed by atoms with E-state index in [9.17, 15) is 21.6 Å². The molecule has 2 N–H and O–H groups in total. The van der Waals surface area contributed by atoms with Gasteiger partial charge >= 0.3 is 6.18 Å². The molecule has 0 amide bonds. The number of hydrogen-bond acceptors (Lipinski definition) is 4. The van der Waals surface area contributed by atoms with Crippen molar-refractivity contribution in [3.05, 3.63) is 29.8 Å². The summed E-state index contributed by atoms with van der Waals surface area (Å²) in [5.74, 6) is 0. The number of nitrogens with zero attached hydrogens (tertiary/aromatic N) is 1. The second-order valence-electron chi connectivity index (χ2n) is 4.59. The van der Waals surface area contributed by atoms with Gasteiger partial charge in [-0.2, -0.15) is 17.5 Å². The van der Waals surface area contributed by atoms with Crippen LogP contribution in [0.1, 0.15) is 5.56 Å². The first-order chi connectivity index (χ1) is 9.76. The SMILES string of the molecule is NC[C@@H]1CN(S(=O)(=O)c2ccccc2C(F)(F)F)CCO1. The Balaban J connectivity index is 2.41. The van der Waals surface area contributed by atoms with Gasteiger partial charge in [-0.15, -0.1) is 0 Å². The van der Waals surface area contributed by atoms with Gasteiger partial charge in [0.25, 0.3) is 0 Å². The molecule has 1 aromatic carbocycles. The predicted octanol–water partition coefficient (Wildman–Crippen LogP) is 1.05. The van der Waals surface area contributed by atoms with E-state index in [0.717, 1.165) is 22.5 Å². The van der Waals surface area contributed by atoms with Crippen LogP contribution in [0.4, 0.5) is 13.2 Å². The molecule has 1 aliphatic rings. The molecular weight excluding hydrogens is 309 g/mol. The third-order valence-electron chi connectivity index (χ3n) is 3.17. The van der Waals surface area contributed by atoms with Crippen molar-refractivity contribution in [1.29, 1.82) is 0 Å². The zero-order valence-corrected chi connectivity index (χ0v) is 11.8. The van der Waals surface area contributed by atoms with E-state index in [1.807, 2.05) is 0 Å². The molecule has 118 valence electrons. The van der Waals surface area contributed by atoms with Crippen molar-refractivity contribution < 1.29 is 26.3 Å². The normalized spacial score (nSPS) is 21.4. The van der Waals surface area contributed by atoms with Gasteiger partial charge in [-0.05, 0) is 12.1 Å². The first-order valence-electron chi connectivity index (χ1n) is 6.25. The fourth-order valence-electron chi connectivity index (χ4n) is 2.12. The smallest absolute Gasteiger partial charge is 0.374 e. The number of alkyl halides is 3. The van der Waals surface area contributed by atoms with Crippen LogP contribution in [0.3, 0.4) is 0 Å². The summed E-state index contributed by atoms with van der Waals surface area (Å²) < 4.78 is 70.0. The fraction of sp³-hybridized carbons (Fsp3) is 0.500. The summed E-state index contributed by atoms with van der Waals surface area (Å²) in [6.45, 7) is 0.165. The number of hydrogen-bond donors (Lipinski definition) is 1. The molecule has 1 aromatic rings. The molecule has 0 bridgehead atoms. The topological polar surface area (TPSA) is 72.6 Å². The van der Waals surface area contributed by atoms with Crippen LogP contribution < -0.4 is 5.73 Å². The Morgan fingerprint density at radius 2 is 2.00 bits per heavy atom. The molecule has 5 nitrogen and oxygen atoms in total. The number of benzene rings is 1. The monoisotopic (exact) mass is 324 g/mol. The van der Waals surface area contributed by atoms with Crippen LogP contribution in [0.15, 0.2) is 29.2 Å². The van der Waals surface area contributed by atoms with Gasteiger partial charge in [-0.3, -0.25) is 0 Å². The van der Waals surface area contributed by atoms with E-state index in [4.69, 9.17) is 10.5 Å². The number of nitrogens with two attached hydrogens (primary N) is 1. The lowest BCUT2D eigenvalue weighted by Crippen LogP contribution is -2.48. The molecule has 9 heteroatoms. The van der Waals surface area contributed by atoms with Crippen molar-refractivity contribution in [3.8, 4) is 0 Å². The minimum Gasteiger partial charge on any atom is -0.374 e. The highest BCUT2D eigenvalue weighted by Gasteiger charge is 2.39. The summed E-state index contributed by atoms with van der Waals surface area (Å²) in [6.07, 6.45) is -5.24. The standard InChI is InChI=1S/C12H15F3N2O3S/c13-12(14,15)10-3-1-2-4-11(10)21(18,19)17-5-6-20-9(7-16)8-17/h1-4,9H,5-8,16H2/t9-/m1/s1.